The number of hydrogen-bond donors (Lipinski definition) is 1. The molecule has 0 unspecified atom stereocenters. The first-order chi connectivity index (χ1) is 8.08. The fraction of sp³-hybridized carbons (Fsp3) is 0. The van der Waals surface area contributed by atoms with Crippen LogP contribution >= 0.6 is 0 Å². The van der Waals surface area contributed by atoms with Crippen molar-refractivity contribution in [2.45, 2.75) is 0 Å². The summed E-state index contributed by atoms with van der Waals surface area (Å²) in [5.41, 5.74) is 0.615. The first-order valence-electron chi connectivity index (χ1n) is 4.60. The molecule has 0 aliphatic carbocycles. The molecule has 1 N–H and O–H groups in total. The topological polar surface area (TPSA) is 98.3 Å². The van der Waals surface area contributed by atoms with Crippen molar-refractivity contribution in [3.8, 4) is 5.69 Å². The van der Waals surface area contributed by atoms with Gasteiger partial charge in [0.2, 0.25) is 6.33 Å². The number of rotatable bonds is 3. The van der Waals surface area contributed by atoms with E-state index in [9.17, 15) is 14.9 Å². The summed E-state index contributed by atoms with van der Waals surface area (Å²) in [4.78, 5) is 24.2. The van der Waals surface area contributed by atoms with Gasteiger partial charge in [-0.15, -0.1) is 0 Å². The van der Waals surface area contributed by atoms with Crippen LogP contribution in [0.3, 0.4) is 0 Å². The first kappa shape index (κ1) is 10.8. The molecule has 7 heteroatoms. The van der Waals surface area contributed by atoms with E-state index >= 15 is 0 Å². The van der Waals surface area contributed by atoms with E-state index in [1.54, 1.807) is 12.1 Å². The van der Waals surface area contributed by atoms with E-state index in [4.69, 9.17) is 5.11 Å². The monoisotopic (exact) mass is 233 g/mol. The molecule has 1 aromatic carbocycles. The summed E-state index contributed by atoms with van der Waals surface area (Å²) in [6.45, 7) is 0. The average Bonchev–Trinajstić information content (AvgIpc) is 2.78. The van der Waals surface area contributed by atoms with Crippen molar-refractivity contribution in [1.82, 2.24) is 9.55 Å². The Hall–Kier alpha value is -2.70. The van der Waals surface area contributed by atoms with Crippen LogP contribution in [-0.2, 0) is 0 Å². The highest BCUT2D eigenvalue weighted by atomic mass is 16.6. The molecule has 0 bridgehead atoms. The van der Waals surface area contributed by atoms with Crippen LogP contribution in [0.1, 0.15) is 10.4 Å². The number of carbonyl (C=O) groups is 1. The number of benzene rings is 1. The number of carboxylic acid groups (broad SMARTS) is 1. The lowest BCUT2D eigenvalue weighted by Gasteiger charge is -2.00. The van der Waals surface area contributed by atoms with Gasteiger partial charge in [-0.3, -0.25) is 4.57 Å². The molecule has 0 atom stereocenters. The van der Waals surface area contributed by atoms with E-state index in [1.807, 2.05) is 0 Å². The lowest BCUT2D eigenvalue weighted by atomic mass is 10.2. The van der Waals surface area contributed by atoms with Gasteiger partial charge in [0.15, 0.2) is 0 Å². The normalized spacial score (nSPS) is 10.1. The zero-order valence-electron chi connectivity index (χ0n) is 8.48. The zero-order chi connectivity index (χ0) is 12.4. The van der Waals surface area contributed by atoms with Crippen molar-refractivity contribution in [2.24, 2.45) is 0 Å². The van der Waals surface area contributed by atoms with Crippen molar-refractivity contribution < 1.29 is 14.8 Å². The van der Waals surface area contributed by atoms with Crippen LogP contribution in [0.25, 0.3) is 5.69 Å². The van der Waals surface area contributed by atoms with Crippen molar-refractivity contribution in [1.29, 1.82) is 0 Å². The van der Waals surface area contributed by atoms with Crippen LogP contribution in [0.2, 0.25) is 0 Å². The third kappa shape index (κ3) is 2.12. The highest BCUT2D eigenvalue weighted by molar-refractivity contribution is 5.88. The fourth-order valence-corrected chi connectivity index (χ4v) is 1.35. The van der Waals surface area contributed by atoms with Gasteiger partial charge in [0.05, 0.1) is 5.56 Å². The molecule has 0 aliphatic heterocycles. The van der Waals surface area contributed by atoms with Crippen molar-refractivity contribution in [2.75, 3.05) is 0 Å². The smallest absolute Gasteiger partial charge is 0.381 e. The van der Waals surface area contributed by atoms with Crippen LogP contribution in [0.15, 0.2) is 36.8 Å². The van der Waals surface area contributed by atoms with Crippen LogP contribution in [0.4, 0.5) is 5.82 Å². The highest BCUT2D eigenvalue weighted by Crippen LogP contribution is 2.14. The van der Waals surface area contributed by atoms with Crippen LogP contribution in [0.5, 0.6) is 0 Å². The minimum Gasteiger partial charge on any atom is -0.478 e. The van der Waals surface area contributed by atoms with E-state index in [0.717, 1.165) is 0 Å². The molecule has 1 heterocycles. The van der Waals surface area contributed by atoms with E-state index in [-0.39, 0.29) is 11.4 Å². The number of aromatic carboxylic acids is 1. The average molecular weight is 233 g/mol. The summed E-state index contributed by atoms with van der Waals surface area (Å²) in [7, 11) is 0. The molecular weight excluding hydrogens is 226 g/mol. The summed E-state index contributed by atoms with van der Waals surface area (Å²) >= 11 is 0. The number of aromatic nitrogens is 2. The van der Waals surface area contributed by atoms with Gasteiger partial charge in [-0.25, -0.2) is 4.79 Å². The molecule has 0 spiro atoms. The molecule has 0 amide bonds. The largest absolute Gasteiger partial charge is 0.478 e. The molecule has 7 nitrogen and oxygen atoms in total. The zero-order valence-corrected chi connectivity index (χ0v) is 8.48. The van der Waals surface area contributed by atoms with E-state index < -0.39 is 10.9 Å². The molecular formula is C10H7N3O4. The number of nitrogens with zero attached hydrogens (tertiary/aromatic N) is 3. The Kier molecular flexibility index (Phi) is 2.57. The fourth-order valence-electron chi connectivity index (χ4n) is 1.35. The molecule has 86 valence electrons. The molecule has 0 fully saturated rings. The van der Waals surface area contributed by atoms with Crippen molar-refractivity contribution >= 4 is 11.8 Å². The second-order valence-electron chi connectivity index (χ2n) is 3.25. The maximum absolute atomic E-state index is 10.8. The standard InChI is InChI=1S/C10H7N3O4/c14-10(15)7-2-1-3-8(4-7)12-5-9(11-6-12)13(16)17/h1-6H,(H,14,15). The van der Waals surface area contributed by atoms with Gasteiger partial charge in [-0.05, 0) is 28.1 Å². The summed E-state index contributed by atoms with van der Waals surface area (Å²) in [5, 5.41) is 19.3. The Bertz CT molecular complexity index is 591. The van der Waals surface area contributed by atoms with Gasteiger partial charge in [0, 0.05) is 5.69 Å². The van der Waals surface area contributed by atoms with Gasteiger partial charge >= 0.3 is 11.8 Å². The van der Waals surface area contributed by atoms with Crippen LogP contribution < -0.4 is 0 Å². The second kappa shape index (κ2) is 4.05. The second-order valence-corrected chi connectivity index (χ2v) is 3.25. The van der Waals surface area contributed by atoms with E-state index in [1.165, 1.54) is 29.2 Å². The Morgan fingerprint density at radius 3 is 2.82 bits per heavy atom. The Labute approximate surface area is 95.1 Å². The molecule has 0 saturated heterocycles. The maximum Gasteiger partial charge on any atom is 0.381 e. The number of carboxylic acids is 1. The third-order valence-electron chi connectivity index (χ3n) is 2.15. The SMILES string of the molecule is O=C(O)c1cccc(-n2cnc([N+](=O)[O-])c2)c1. The predicted octanol–water partition coefficient (Wildman–Crippen LogP) is 1.48. The van der Waals surface area contributed by atoms with Gasteiger partial charge in [0.25, 0.3) is 0 Å². The number of imidazole rings is 1. The van der Waals surface area contributed by atoms with E-state index in [0.29, 0.717) is 5.69 Å². The first-order valence-corrected chi connectivity index (χ1v) is 4.60. The Balaban J connectivity index is 2.42. The minimum absolute atomic E-state index is 0.110. The molecule has 0 radical (unpaired) electrons. The Morgan fingerprint density at radius 2 is 2.24 bits per heavy atom. The van der Waals surface area contributed by atoms with Crippen molar-refractivity contribution in [3.63, 3.8) is 0 Å². The predicted molar refractivity (Wildman–Crippen MR) is 57.2 cm³/mol. The molecule has 1 aromatic heterocycles. The quantitative estimate of drug-likeness (QED) is 0.639. The molecule has 17 heavy (non-hydrogen) atoms. The number of nitro groups is 1. The van der Waals surface area contributed by atoms with Gasteiger partial charge < -0.3 is 15.2 Å². The molecule has 2 aromatic rings. The molecule has 0 aliphatic rings. The van der Waals surface area contributed by atoms with Crippen LogP contribution in [-0.4, -0.2) is 25.6 Å². The highest BCUT2D eigenvalue weighted by Gasteiger charge is 2.11. The lowest BCUT2D eigenvalue weighted by Crippen LogP contribution is -1.98. The Morgan fingerprint density at radius 1 is 1.47 bits per heavy atom. The minimum atomic E-state index is -1.05. The number of hydrogen-bond acceptors (Lipinski definition) is 4. The summed E-state index contributed by atoms with van der Waals surface area (Å²) in [6.07, 6.45) is 2.49. The summed E-state index contributed by atoms with van der Waals surface area (Å²) < 4.78 is 1.39. The van der Waals surface area contributed by atoms with Crippen LogP contribution in [0, 0.1) is 10.1 Å². The van der Waals surface area contributed by atoms with Gasteiger partial charge in [0.1, 0.15) is 6.20 Å². The third-order valence-corrected chi connectivity index (χ3v) is 2.15. The van der Waals surface area contributed by atoms with E-state index in [2.05, 4.69) is 4.98 Å². The maximum atomic E-state index is 10.8. The summed E-state index contributed by atoms with van der Waals surface area (Å²) in [5.74, 6) is -1.34. The summed E-state index contributed by atoms with van der Waals surface area (Å²) in [6, 6.07) is 6.05. The van der Waals surface area contributed by atoms with Gasteiger partial charge in [-0.2, -0.15) is 0 Å². The van der Waals surface area contributed by atoms with Crippen molar-refractivity contribution in [3.05, 3.63) is 52.5 Å². The lowest BCUT2D eigenvalue weighted by molar-refractivity contribution is -0.389. The molecule has 2 rings (SSSR count). The van der Waals surface area contributed by atoms with Gasteiger partial charge in [-0.1, -0.05) is 6.07 Å². The molecule has 0 saturated carbocycles.